The van der Waals surface area contributed by atoms with Crippen molar-refractivity contribution in [3.63, 3.8) is 0 Å². The first-order valence-electron chi connectivity index (χ1n) is 7.52. The van der Waals surface area contributed by atoms with Gasteiger partial charge in [0.05, 0.1) is 22.5 Å². The quantitative estimate of drug-likeness (QED) is 0.230. The van der Waals surface area contributed by atoms with E-state index in [9.17, 15) is 48.7 Å². The molecule has 0 amide bonds. The van der Waals surface area contributed by atoms with Crippen LogP contribution in [-0.2, 0) is 0 Å². The second-order valence-electron chi connectivity index (χ2n) is 5.68. The smallest absolute Gasteiger partial charge is 0.200 e. The van der Waals surface area contributed by atoms with Gasteiger partial charge in [-0.05, 0) is 12.1 Å². The van der Waals surface area contributed by atoms with Crippen molar-refractivity contribution < 1.29 is 48.7 Å². The Balaban J connectivity index is 2.41. The second kappa shape index (κ2) is 7.43. The normalized spacial score (nSPS) is 11.1. The van der Waals surface area contributed by atoms with Crippen molar-refractivity contribution in [1.29, 1.82) is 0 Å². The van der Waals surface area contributed by atoms with Crippen LogP contribution in [0.2, 0.25) is 0 Å². The molecule has 0 unspecified atom stereocenters. The summed E-state index contributed by atoms with van der Waals surface area (Å²) in [7, 11) is 0. The highest BCUT2D eigenvalue weighted by molar-refractivity contribution is 5.81. The topological polar surface area (TPSA) is 30.0 Å². The zero-order valence-electron chi connectivity index (χ0n) is 13.9. The van der Waals surface area contributed by atoms with E-state index in [4.69, 9.17) is 0 Å². The van der Waals surface area contributed by atoms with Crippen molar-refractivity contribution >= 4 is 6.29 Å². The van der Waals surface area contributed by atoms with Crippen LogP contribution in [0.3, 0.4) is 0 Å². The summed E-state index contributed by atoms with van der Waals surface area (Å²) in [5.41, 5.74) is -6.42. The molecule has 0 aliphatic heterocycles. The van der Waals surface area contributed by atoms with Gasteiger partial charge in [-0.15, -0.1) is 0 Å². The Labute approximate surface area is 159 Å². The molecule has 0 N–H and O–H groups in total. The van der Waals surface area contributed by atoms with Gasteiger partial charge in [-0.1, -0.05) is 0 Å². The van der Waals surface area contributed by atoms with Gasteiger partial charge >= 0.3 is 0 Å². The zero-order valence-corrected chi connectivity index (χ0v) is 13.9. The van der Waals surface area contributed by atoms with E-state index in [-0.39, 0.29) is 6.29 Å². The van der Waals surface area contributed by atoms with E-state index in [0.29, 0.717) is 12.1 Å². The minimum atomic E-state index is -2.51. The van der Waals surface area contributed by atoms with Gasteiger partial charge in [0.2, 0.25) is 11.6 Å². The lowest BCUT2D eigenvalue weighted by Crippen LogP contribution is -2.08. The van der Waals surface area contributed by atoms with Gasteiger partial charge < -0.3 is 0 Å². The molecule has 0 fully saturated rings. The van der Waals surface area contributed by atoms with E-state index in [2.05, 4.69) is 4.98 Å². The Kier molecular flexibility index (Phi) is 5.27. The van der Waals surface area contributed by atoms with Crippen molar-refractivity contribution in [1.82, 2.24) is 4.98 Å². The van der Waals surface area contributed by atoms with E-state index in [1.807, 2.05) is 0 Å². The lowest BCUT2D eigenvalue weighted by atomic mass is 10.0. The van der Waals surface area contributed by atoms with Crippen LogP contribution in [0.5, 0.6) is 0 Å². The molecule has 0 atom stereocenters. The fourth-order valence-corrected chi connectivity index (χ4v) is 2.54. The number of nitrogens with zero attached hydrogens (tertiary/aromatic N) is 1. The molecule has 0 aliphatic rings. The van der Waals surface area contributed by atoms with Crippen LogP contribution in [0.4, 0.5) is 43.9 Å². The second-order valence-corrected chi connectivity index (χ2v) is 5.68. The molecule has 0 bridgehead atoms. The van der Waals surface area contributed by atoms with Crippen LogP contribution in [0.25, 0.3) is 22.5 Å². The van der Waals surface area contributed by atoms with Gasteiger partial charge in [0.1, 0.15) is 6.29 Å². The molecular formula is C18H3F10NO. The van der Waals surface area contributed by atoms with Gasteiger partial charge in [-0.3, -0.25) is 4.79 Å². The number of benzene rings is 2. The minimum absolute atomic E-state index is 0.0766. The number of halogens is 10. The average Bonchev–Trinajstić information content (AvgIpc) is 2.73. The van der Waals surface area contributed by atoms with E-state index < -0.39 is 86.3 Å². The summed E-state index contributed by atoms with van der Waals surface area (Å²) in [4.78, 5) is 14.3. The number of aldehydes is 1. The predicted molar refractivity (Wildman–Crippen MR) is 80.1 cm³/mol. The summed E-state index contributed by atoms with van der Waals surface area (Å²) < 4.78 is 136. The number of pyridine rings is 1. The third-order valence-corrected chi connectivity index (χ3v) is 3.92. The summed E-state index contributed by atoms with van der Waals surface area (Å²) in [6.07, 6.45) is -0.0766. The summed E-state index contributed by atoms with van der Waals surface area (Å²) in [5, 5.41) is 0. The lowest BCUT2D eigenvalue weighted by Gasteiger charge is -2.12. The molecule has 2 nitrogen and oxygen atoms in total. The Morgan fingerprint density at radius 1 is 0.500 bits per heavy atom. The molecule has 3 aromatic rings. The van der Waals surface area contributed by atoms with Crippen LogP contribution >= 0.6 is 0 Å². The third-order valence-electron chi connectivity index (χ3n) is 3.92. The number of aromatic nitrogens is 1. The highest BCUT2D eigenvalue weighted by Crippen LogP contribution is 2.35. The first-order valence-corrected chi connectivity index (χ1v) is 7.52. The van der Waals surface area contributed by atoms with Gasteiger partial charge in [-0.25, -0.2) is 48.9 Å². The summed E-state index contributed by atoms with van der Waals surface area (Å²) in [6, 6.07) is 0.974. The van der Waals surface area contributed by atoms with Gasteiger partial charge in [0.25, 0.3) is 0 Å². The number of hydrogen-bond donors (Lipinski definition) is 0. The van der Waals surface area contributed by atoms with E-state index in [1.165, 1.54) is 0 Å². The van der Waals surface area contributed by atoms with Gasteiger partial charge in [-0.2, -0.15) is 0 Å². The molecule has 0 spiro atoms. The van der Waals surface area contributed by atoms with Crippen molar-refractivity contribution in [2.24, 2.45) is 0 Å². The lowest BCUT2D eigenvalue weighted by molar-refractivity contribution is 0.112. The minimum Gasteiger partial charge on any atom is -0.298 e. The zero-order chi connectivity index (χ0) is 22.5. The molecule has 0 aliphatic carbocycles. The Hall–Kier alpha value is -3.44. The molecule has 1 heterocycles. The number of hydrogen-bond acceptors (Lipinski definition) is 2. The molecule has 0 radical (unpaired) electrons. The number of carbonyl (C=O) groups is 1. The van der Waals surface area contributed by atoms with Crippen molar-refractivity contribution in [2.45, 2.75) is 0 Å². The van der Waals surface area contributed by atoms with Crippen LogP contribution in [-0.4, -0.2) is 11.3 Å². The molecule has 3 rings (SSSR count). The Morgan fingerprint density at radius 2 is 0.767 bits per heavy atom. The van der Waals surface area contributed by atoms with Crippen molar-refractivity contribution in [2.75, 3.05) is 0 Å². The summed E-state index contributed by atoms with van der Waals surface area (Å²) >= 11 is 0. The number of rotatable bonds is 3. The van der Waals surface area contributed by atoms with E-state index in [0.717, 1.165) is 0 Å². The molecular weight excluding hydrogens is 436 g/mol. The molecule has 0 saturated heterocycles. The maximum Gasteiger partial charge on any atom is 0.200 e. The fraction of sp³-hybridized carbons (Fsp3) is 0. The van der Waals surface area contributed by atoms with Gasteiger partial charge in [0, 0.05) is 5.56 Å². The van der Waals surface area contributed by atoms with Gasteiger partial charge in [0.15, 0.2) is 46.5 Å². The number of carbonyl (C=O) groups excluding carboxylic acids is 1. The standard InChI is InChI=1S/C18H3F10NO/c19-9-7(10(20)14(24)17(27)13(9)23)5-1-4(3-30)2-6(29-5)8-11(21)15(25)18(28)16(26)12(8)22/h1-3H. The first-order chi connectivity index (χ1) is 14.0. The predicted octanol–water partition coefficient (Wildman–Crippen LogP) is 5.62. The largest absolute Gasteiger partial charge is 0.298 e. The molecule has 2 aromatic carbocycles. The summed E-state index contributed by atoms with van der Waals surface area (Å²) in [5.74, 6) is -24.2. The van der Waals surface area contributed by atoms with Crippen molar-refractivity contribution in [3.8, 4) is 22.5 Å². The highest BCUT2D eigenvalue weighted by Gasteiger charge is 2.30. The van der Waals surface area contributed by atoms with Crippen molar-refractivity contribution in [3.05, 3.63) is 75.9 Å². The SMILES string of the molecule is O=Cc1cc(-c2c(F)c(F)c(F)c(F)c2F)nc(-c2c(F)c(F)c(F)c(F)c2F)c1. The van der Waals surface area contributed by atoms with Crippen LogP contribution in [0.1, 0.15) is 10.4 Å². The van der Waals surface area contributed by atoms with Crippen LogP contribution in [0, 0.1) is 58.2 Å². The first kappa shape index (κ1) is 21.3. The van der Waals surface area contributed by atoms with Crippen LogP contribution < -0.4 is 0 Å². The molecule has 12 heteroatoms. The third kappa shape index (κ3) is 3.08. The van der Waals surface area contributed by atoms with Crippen LogP contribution in [0.15, 0.2) is 12.1 Å². The molecule has 1 aromatic heterocycles. The maximum absolute atomic E-state index is 14.0. The molecule has 156 valence electrons. The fourth-order valence-electron chi connectivity index (χ4n) is 2.54. The summed E-state index contributed by atoms with van der Waals surface area (Å²) in [6.45, 7) is 0. The Bertz CT molecular complexity index is 1080. The highest BCUT2D eigenvalue weighted by atomic mass is 19.2. The van der Waals surface area contributed by atoms with E-state index in [1.54, 1.807) is 0 Å². The molecule has 30 heavy (non-hydrogen) atoms. The average molecular weight is 439 g/mol. The van der Waals surface area contributed by atoms with E-state index >= 15 is 0 Å². The Morgan fingerprint density at radius 3 is 1.03 bits per heavy atom. The maximum atomic E-state index is 14.0. The monoisotopic (exact) mass is 439 g/mol. The molecule has 0 saturated carbocycles.